The van der Waals surface area contributed by atoms with Gasteiger partial charge in [-0.1, -0.05) is 0 Å². The summed E-state index contributed by atoms with van der Waals surface area (Å²) in [6.45, 7) is 3.92. The lowest BCUT2D eigenvalue weighted by Crippen LogP contribution is -2.30. The minimum absolute atomic E-state index is 0.326. The third-order valence-electron chi connectivity index (χ3n) is 5.23. The number of nitrogens with zero attached hydrogens (tertiary/aromatic N) is 3. The van der Waals surface area contributed by atoms with Crippen molar-refractivity contribution in [2.45, 2.75) is 44.4 Å². The van der Waals surface area contributed by atoms with Crippen molar-refractivity contribution in [3.8, 4) is 16.3 Å². The first-order chi connectivity index (χ1) is 15.5. The summed E-state index contributed by atoms with van der Waals surface area (Å²) in [5, 5.41) is 3.51. The molecule has 2 heterocycles. The first-order valence-corrected chi connectivity index (χ1v) is 11.0. The number of ether oxygens (including phenoxy) is 1. The Balaban J connectivity index is 1.55. The predicted octanol–water partition coefficient (Wildman–Crippen LogP) is 4.29. The number of aryl methyl sites for hydroxylation is 1. The topological polar surface area (TPSA) is 103 Å². The quantitative estimate of drug-likeness (QED) is 0.526. The van der Waals surface area contributed by atoms with E-state index in [2.05, 4.69) is 20.3 Å². The molecule has 1 aromatic carbocycles. The van der Waals surface area contributed by atoms with Crippen molar-refractivity contribution in [1.82, 2.24) is 20.3 Å². The van der Waals surface area contributed by atoms with Gasteiger partial charge in [-0.15, -0.1) is 11.3 Å². The first-order valence-electron chi connectivity index (χ1n) is 10.2. The van der Waals surface area contributed by atoms with Crippen LogP contribution in [0.5, 0.6) is 5.75 Å². The fourth-order valence-corrected chi connectivity index (χ4v) is 3.78. The molecule has 1 aliphatic carbocycles. The highest BCUT2D eigenvalue weighted by molar-refractivity contribution is 7.14. The van der Waals surface area contributed by atoms with Gasteiger partial charge in [0.15, 0.2) is 0 Å². The number of carbonyl (C=O) groups excluding carboxylic acids is 1. The fourth-order valence-electron chi connectivity index (χ4n) is 3.03. The van der Waals surface area contributed by atoms with Crippen LogP contribution in [-0.2, 0) is 6.18 Å². The van der Waals surface area contributed by atoms with Crippen molar-refractivity contribution in [1.29, 1.82) is 0 Å². The van der Waals surface area contributed by atoms with E-state index in [1.165, 1.54) is 11.3 Å². The molecule has 0 aliphatic heterocycles. The number of alkyl halides is 3. The second kappa shape index (κ2) is 8.71. The number of halogens is 3. The van der Waals surface area contributed by atoms with Crippen molar-refractivity contribution in [2.24, 2.45) is 5.73 Å². The van der Waals surface area contributed by atoms with Crippen LogP contribution in [0.4, 0.5) is 13.2 Å². The lowest BCUT2D eigenvalue weighted by molar-refractivity contribution is -0.145. The number of rotatable bonds is 7. The maximum atomic E-state index is 13.0. The minimum Gasteiger partial charge on any atom is -0.492 e. The molecule has 3 aromatic rings. The molecule has 1 amide bonds. The van der Waals surface area contributed by atoms with Gasteiger partial charge < -0.3 is 15.8 Å². The fraction of sp³-hybridized carbons (Fsp3) is 0.364. The van der Waals surface area contributed by atoms with Gasteiger partial charge in [0.25, 0.3) is 5.91 Å². The van der Waals surface area contributed by atoms with Crippen LogP contribution in [0.1, 0.15) is 52.4 Å². The Labute approximate surface area is 192 Å². The number of nitrogens with one attached hydrogen (secondary N) is 1. The van der Waals surface area contributed by atoms with Gasteiger partial charge in [0.1, 0.15) is 17.4 Å². The highest BCUT2D eigenvalue weighted by Crippen LogP contribution is 2.34. The van der Waals surface area contributed by atoms with E-state index in [1.807, 2.05) is 13.0 Å². The van der Waals surface area contributed by atoms with Gasteiger partial charge in [0.2, 0.25) is 5.82 Å². The molecule has 0 spiro atoms. The molecule has 1 saturated carbocycles. The van der Waals surface area contributed by atoms with Gasteiger partial charge in [-0.3, -0.25) is 4.79 Å². The zero-order valence-electron chi connectivity index (χ0n) is 17.9. The summed E-state index contributed by atoms with van der Waals surface area (Å²) in [7, 11) is 0. The highest BCUT2D eigenvalue weighted by Gasteiger charge is 2.39. The Hall–Kier alpha value is -3.05. The lowest BCUT2D eigenvalue weighted by Gasteiger charge is -2.16. The van der Waals surface area contributed by atoms with Crippen molar-refractivity contribution >= 4 is 17.2 Å². The summed E-state index contributed by atoms with van der Waals surface area (Å²) in [6, 6.07) is 4.51. The first kappa shape index (κ1) is 23.1. The molecule has 0 unspecified atom stereocenters. The molecule has 0 radical (unpaired) electrons. The third-order valence-corrected chi connectivity index (χ3v) is 6.19. The Morgan fingerprint density at radius 2 is 1.91 bits per heavy atom. The summed E-state index contributed by atoms with van der Waals surface area (Å²) in [5.74, 6) is -1.16. The highest BCUT2D eigenvalue weighted by atomic mass is 32.1. The summed E-state index contributed by atoms with van der Waals surface area (Å²) in [4.78, 5) is 25.1. The zero-order chi connectivity index (χ0) is 23.8. The third kappa shape index (κ3) is 5.66. The lowest BCUT2D eigenvalue weighted by atomic mass is 10.1. The monoisotopic (exact) mass is 477 g/mol. The molecule has 0 saturated heterocycles. The zero-order valence-corrected chi connectivity index (χ0v) is 18.8. The van der Waals surface area contributed by atoms with E-state index < -0.39 is 23.9 Å². The average Bonchev–Trinajstić information content (AvgIpc) is 3.35. The second-order valence-corrected chi connectivity index (χ2v) is 9.44. The van der Waals surface area contributed by atoms with Crippen LogP contribution in [0.25, 0.3) is 10.6 Å². The van der Waals surface area contributed by atoms with Crippen LogP contribution in [0, 0.1) is 6.92 Å². The van der Waals surface area contributed by atoms with Crippen molar-refractivity contribution in [2.75, 3.05) is 6.61 Å². The van der Waals surface area contributed by atoms with E-state index in [1.54, 1.807) is 25.3 Å². The van der Waals surface area contributed by atoms with Gasteiger partial charge in [-0.25, -0.2) is 15.0 Å². The molecule has 33 heavy (non-hydrogen) atoms. The molecular formula is C22H22F3N5O2S. The summed E-state index contributed by atoms with van der Waals surface area (Å²) in [5.41, 5.74) is 7.19. The Bertz CT molecular complexity index is 1160. The standard InChI is InChI=1S/C22H22F3N5O2S/c1-12-8-27-19(33-12)15-5-14(6-17(7-15)32-11-21(26)3-4-21)18(31)30-13(2)16-9-28-20(29-10-16)22(23,24)25/h5-10,13H,3-4,11,26H2,1-2H3,(H,30,31)/t13-/m1/s1. The van der Waals surface area contributed by atoms with Crippen LogP contribution in [0.15, 0.2) is 36.8 Å². The summed E-state index contributed by atoms with van der Waals surface area (Å²) in [6.07, 6.45) is 1.01. The maximum Gasteiger partial charge on any atom is 0.451 e. The largest absolute Gasteiger partial charge is 0.492 e. The molecule has 3 N–H and O–H groups in total. The SMILES string of the molecule is Cc1cnc(-c2cc(OCC3(N)CC3)cc(C(=O)N[C@H](C)c3cnc(C(F)(F)F)nc3)c2)s1. The van der Waals surface area contributed by atoms with E-state index in [0.717, 1.165) is 40.7 Å². The van der Waals surface area contributed by atoms with Crippen LogP contribution in [0.3, 0.4) is 0 Å². The van der Waals surface area contributed by atoms with Crippen molar-refractivity contribution in [3.63, 3.8) is 0 Å². The molecular weight excluding hydrogens is 455 g/mol. The number of carbonyl (C=O) groups is 1. The van der Waals surface area contributed by atoms with E-state index in [4.69, 9.17) is 10.5 Å². The Kier molecular flexibility index (Phi) is 6.10. The van der Waals surface area contributed by atoms with Crippen molar-refractivity contribution < 1.29 is 22.7 Å². The van der Waals surface area contributed by atoms with Crippen molar-refractivity contribution in [3.05, 3.63) is 58.6 Å². The molecule has 1 atom stereocenters. The summed E-state index contributed by atoms with van der Waals surface area (Å²) < 4.78 is 43.9. The molecule has 1 aliphatic rings. The van der Waals surface area contributed by atoms with E-state index in [0.29, 0.717) is 23.5 Å². The number of thiazole rings is 1. The number of hydrogen-bond donors (Lipinski definition) is 2. The van der Waals surface area contributed by atoms with Gasteiger partial charge in [-0.2, -0.15) is 13.2 Å². The van der Waals surface area contributed by atoms with Crippen LogP contribution >= 0.6 is 11.3 Å². The van der Waals surface area contributed by atoms with Crippen LogP contribution in [0.2, 0.25) is 0 Å². The number of aromatic nitrogens is 3. The Morgan fingerprint density at radius 3 is 2.48 bits per heavy atom. The van der Waals surface area contributed by atoms with Gasteiger partial charge in [-0.05, 0) is 44.9 Å². The van der Waals surface area contributed by atoms with E-state index >= 15 is 0 Å². The van der Waals surface area contributed by atoms with E-state index in [9.17, 15) is 18.0 Å². The smallest absolute Gasteiger partial charge is 0.451 e. The van der Waals surface area contributed by atoms with E-state index in [-0.39, 0.29) is 5.54 Å². The van der Waals surface area contributed by atoms with Gasteiger partial charge >= 0.3 is 6.18 Å². The molecule has 2 aromatic heterocycles. The van der Waals surface area contributed by atoms with Crippen LogP contribution < -0.4 is 15.8 Å². The molecule has 7 nitrogen and oxygen atoms in total. The average molecular weight is 478 g/mol. The number of amides is 1. The molecule has 0 bridgehead atoms. The Morgan fingerprint density at radius 1 is 1.21 bits per heavy atom. The maximum absolute atomic E-state index is 13.0. The molecule has 174 valence electrons. The van der Waals surface area contributed by atoms with Gasteiger partial charge in [0.05, 0.1) is 11.6 Å². The normalized spacial score (nSPS) is 15.7. The molecule has 4 rings (SSSR count). The summed E-state index contributed by atoms with van der Waals surface area (Å²) >= 11 is 1.49. The number of benzene rings is 1. The molecule has 11 heteroatoms. The predicted molar refractivity (Wildman–Crippen MR) is 117 cm³/mol. The van der Waals surface area contributed by atoms with Crippen LogP contribution in [-0.4, -0.2) is 33.0 Å². The second-order valence-electron chi connectivity index (χ2n) is 8.21. The van der Waals surface area contributed by atoms with Gasteiger partial charge in [0, 0.05) is 40.2 Å². The minimum atomic E-state index is -4.63. The molecule has 1 fully saturated rings. The number of hydrogen-bond acceptors (Lipinski definition) is 7. The number of nitrogens with two attached hydrogens (primary N) is 1.